The molecule has 0 saturated carbocycles. The SMILES string of the molecule is COC(=O)Cn1c(=NC(=O)c2sc(C)nc2C)sc2ccccc21. The van der Waals surface area contributed by atoms with Crippen LogP contribution in [-0.4, -0.2) is 28.5 Å². The minimum atomic E-state index is -0.391. The molecular formula is C16H15N3O3S2. The summed E-state index contributed by atoms with van der Waals surface area (Å²) in [6.45, 7) is 3.65. The van der Waals surface area contributed by atoms with Crippen molar-refractivity contribution in [1.29, 1.82) is 0 Å². The molecule has 0 bridgehead atoms. The van der Waals surface area contributed by atoms with Gasteiger partial charge in [0.15, 0.2) is 4.80 Å². The van der Waals surface area contributed by atoms with Gasteiger partial charge in [-0.2, -0.15) is 4.99 Å². The zero-order valence-electron chi connectivity index (χ0n) is 13.4. The molecule has 0 radical (unpaired) electrons. The molecule has 0 aliphatic rings. The highest BCUT2D eigenvalue weighted by atomic mass is 32.1. The van der Waals surface area contributed by atoms with Crippen molar-refractivity contribution < 1.29 is 14.3 Å². The Bertz CT molecular complexity index is 998. The Hall–Kier alpha value is -2.32. The Morgan fingerprint density at radius 2 is 2.00 bits per heavy atom. The molecule has 0 spiro atoms. The Labute approximate surface area is 146 Å². The van der Waals surface area contributed by atoms with Crippen LogP contribution in [0.3, 0.4) is 0 Å². The number of hydrogen-bond donors (Lipinski definition) is 0. The third-order valence-corrected chi connectivity index (χ3v) is 5.52. The van der Waals surface area contributed by atoms with E-state index in [1.54, 1.807) is 11.5 Å². The van der Waals surface area contributed by atoms with Gasteiger partial charge in [0.05, 0.1) is 28.0 Å². The summed E-state index contributed by atoms with van der Waals surface area (Å²) in [5.74, 6) is -0.736. The van der Waals surface area contributed by atoms with Gasteiger partial charge in [-0.3, -0.25) is 9.59 Å². The van der Waals surface area contributed by atoms with Crippen molar-refractivity contribution in [3.05, 3.63) is 44.6 Å². The van der Waals surface area contributed by atoms with Gasteiger partial charge in [0.1, 0.15) is 11.4 Å². The fraction of sp³-hybridized carbons (Fsp3) is 0.250. The highest BCUT2D eigenvalue weighted by Crippen LogP contribution is 2.19. The molecule has 0 N–H and O–H groups in total. The highest BCUT2D eigenvalue weighted by Gasteiger charge is 2.15. The van der Waals surface area contributed by atoms with E-state index in [-0.39, 0.29) is 12.5 Å². The van der Waals surface area contributed by atoms with Crippen LogP contribution < -0.4 is 4.80 Å². The van der Waals surface area contributed by atoms with Gasteiger partial charge in [-0.05, 0) is 26.0 Å². The van der Waals surface area contributed by atoms with Gasteiger partial charge in [-0.25, -0.2) is 4.98 Å². The van der Waals surface area contributed by atoms with E-state index < -0.39 is 5.97 Å². The van der Waals surface area contributed by atoms with E-state index in [0.29, 0.717) is 15.4 Å². The monoisotopic (exact) mass is 361 g/mol. The third kappa shape index (κ3) is 3.15. The largest absolute Gasteiger partial charge is 0.468 e. The summed E-state index contributed by atoms with van der Waals surface area (Å²) in [5.41, 5.74) is 1.52. The first-order chi connectivity index (χ1) is 11.5. The van der Waals surface area contributed by atoms with Gasteiger partial charge in [0.2, 0.25) is 0 Å². The molecule has 0 atom stereocenters. The number of rotatable bonds is 3. The van der Waals surface area contributed by atoms with Crippen LogP contribution in [0.15, 0.2) is 29.3 Å². The van der Waals surface area contributed by atoms with Crippen molar-refractivity contribution in [3.63, 3.8) is 0 Å². The first-order valence-electron chi connectivity index (χ1n) is 7.18. The lowest BCUT2D eigenvalue weighted by molar-refractivity contribution is -0.141. The number of carbonyl (C=O) groups is 2. The maximum absolute atomic E-state index is 12.5. The minimum absolute atomic E-state index is 0.00727. The molecule has 2 aromatic heterocycles. The number of thiazole rings is 2. The molecule has 2 heterocycles. The van der Waals surface area contributed by atoms with Crippen molar-refractivity contribution in [1.82, 2.24) is 9.55 Å². The maximum Gasteiger partial charge on any atom is 0.325 e. The first-order valence-corrected chi connectivity index (χ1v) is 8.81. The number of esters is 1. The van der Waals surface area contributed by atoms with E-state index in [4.69, 9.17) is 4.74 Å². The number of carbonyl (C=O) groups excluding carboxylic acids is 2. The van der Waals surface area contributed by atoms with Gasteiger partial charge in [0, 0.05) is 0 Å². The number of amides is 1. The number of nitrogens with zero attached hydrogens (tertiary/aromatic N) is 3. The van der Waals surface area contributed by atoms with Gasteiger partial charge in [-0.15, -0.1) is 11.3 Å². The van der Waals surface area contributed by atoms with Crippen LogP contribution in [0.4, 0.5) is 0 Å². The second-order valence-electron chi connectivity index (χ2n) is 5.08. The quantitative estimate of drug-likeness (QED) is 0.672. The number of para-hydroxylation sites is 1. The molecule has 1 aromatic carbocycles. The zero-order valence-corrected chi connectivity index (χ0v) is 15.0. The van der Waals surface area contributed by atoms with E-state index in [9.17, 15) is 9.59 Å². The normalized spacial score (nSPS) is 11.9. The second kappa shape index (κ2) is 6.66. The average Bonchev–Trinajstić information content (AvgIpc) is 3.07. The van der Waals surface area contributed by atoms with Crippen molar-refractivity contribution in [3.8, 4) is 0 Å². The fourth-order valence-electron chi connectivity index (χ4n) is 2.32. The molecule has 0 fully saturated rings. The molecule has 124 valence electrons. The Morgan fingerprint density at radius 1 is 1.25 bits per heavy atom. The van der Waals surface area contributed by atoms with Crippen LogP contribution in [0.1, 0.15) is 20.4 Å². The van der Waals surface area contributed by atoms with Gasteiger partial charge in [-0.1, -0.05) is 23.5 Å². The van der Waals surface area contributed by atoms with Crippen LogP contribution in [0.5, 0.6) is 0 Å². The lowest BCUT2D eigenvalue weighted by Gasteiger charge is -2.03. The first kappa shape index (κ1) is 16.5. The smallest absolute Gasteiger partial charge is 0.325 e. The van der Waals surface area contributed by atoms with E-state index in [2.05, 4.69) is 9.98 Å². The molecule has 0 aliphatic carbocycles. The van der Waals surface area contributed by atoms with E-state index in [0.717, 1.165) is 15.2 Å². The standard InChI is InChI=1S/C16H15N3O3S2/c1-9-14(23-10(2)17-9)15(21)18-16-19(8-13(20)22-3)11-6-4-5-7-12(11)24-16/h4-7H,8H2,1-3H3. The number of ether oxygens (including phenoxy) is 1. The van der Waals surface area contributed by atoms with Crippen LogP contribution in [0.2, 0.25) is 0 Å². The molecule has 0 saturated heterocycles. The van der Waals surface area contributed by atoms with Gasteiger partial charge in [0.25, 0.3) is 5.91 Å². The van der Waals surface area contributed by atoms with E-state index in [1.165, 1.54) is 29.8 Å². The molecule has 3 aromatic rings. The second-order valence-corrected chi connectivity index (χ2v) is 7.29. The summed E-state index contributed by atoms with van der Waals surface area (Å²) >= 11 is 2.69. The number of fused-ring (bicyclic) bond motifs is 1. The number of aryl methyl sites for hydroxylation is 2. The Kier molecular flexibility index (Phi) is 4.59. The molecule has 0 aliphatic heterocycles. The maximum atomic E-state index is 12.5. The predicted octanol–water partition coefficient (Wildman–Crippen LogP) is 2.69. The lowest BCUT2D eigenvalue weighted by Crippen LogP contribution is -2.22. The van der Waals surface area contributed by atoms with Crippen molar-refractivity contribution in [2.45, 2.75) is 20.4 Å². The number of hydrogen-bond acceptors (Lipinski definition) is 6. The lowest BCUT2D eigenvalue weighted by atomic mass is 10.3. The molecular weight excluding hydrogens is 346 g/mol. The van der Waals surface area contributed by atoms with Gasteiger partial charge >= 0.3 is 5.97 Å². The molecule has 1 amide bonds. The Balaban J connectivity index is 2.14. The molecule has 24 heavy (non-hydrogen) atoms. The number of benzene rings is 1. The number of methoxy groups -OCH3 is 1. The van der Waals surface area contributed by atoms with Gasteiger partial charge < -0.3 is 9.30 Å². The topological polar surface area (TPSA) is 73.6 Å². The average molecular weight is 361 g/mol. The summed E-state index contributed by atoms with van der Waals surface area (Å²) in [5, 5.41) is 0.824. The van der Waals surface area contributed by atoms with Crippen LogP contribution in [0.25, 0.3) is 10.2 Å². The predicted molar refractivity (Wildman–Crippen MR) is 93.3 cm³/mol. The van der Waals surface area contributed by atoms with Crippen LogP contribution in [-0.2, 0) is 16.1 Å². The minimum Gasteiger partial charge on any atom is -0.468 e. The van der Waals surface area contributed by atoms with E-state index >= 15 is 0 Å². The molecule has 8 heteroatoms. The van der Waals surface area contributed by atoms with Crippen LogP contribution in [0, 0.1) is 13.8 Å². The summed E-state index contributed by atoms with van der Waals surface area (Å²) in [7, 11) is 1.34. The molecule has 6 nitrogen and oxygen atoms in total. The molecule has 3 rings (SSSR count). The summed E-state index contributed by atoms with van der Waals surface area (Å²) in [6.07, 6.45) is 0. The number of aromatic nitrogens is 2. The molecule has 0 unspecified atom stereocenters. The van der Waals surface area contributed by atoms with E-state index in [1.807, 2.05) is 31.2 Å². The fourth-order valence-corrected chi connectivity index (χ4v) is 4.15. The summed E-state index contributed by atoms with van der Waals surface area (Å²) < 4.78 is 7.40. The van der Waals surface area contributed by atoms with Crippen molar-refractivity contribution in [2.24, 2.45) is 4.99 Å². The third-order valence-electron chi connectivity index (χ3n) is 3.40. The van der Waals surface area contributed by atoms with Crippen molar-refractivity contribution in [2.75, 3.05) is 7.11 Å². The van der Waals surface area contributed by atoms with Crippen LogP contribution >= 0.6 is 22.7 Å². The zero-order chi connectivity index (χ0) is 17.3. The summed E-state index contributed by atoms with van der Waals surface area (Å²) in [4.78, 5) is 33.7. The summed E-state index contributed by atoms with van der Waals surface area (Å²) in [6, 6.07) is 7.61. The highest BCUT2D eigenvalue weighted by molar-refractivity contribution is 7.16. The Morgan fingerprint density at radius 3 is 2.67 bits per heavy atom. The van der Waals surface area contributed by atoms with Crippen molar-refractivity contribution >= 4 is 44.8 Å².